The zero-order chi connectivity index (χ0) is 11.8. The van der Waals surface area contributed by atoms with Crippen LogP contribution in [0.25, 0.3) is 16.9 Å². The van der Waals surface area contributed by atoms with Gasteiger partial charge in [0.15, 0.2) is 5.82 Å². The molecule has 0 unspecified atom stereocenters. The van der Waals surface area contributed by atoms with Crippen LogP contribution in [-0.2, 0) is 0 Å². The minimum Gasteiger partial charge on any atom is -0.383 e. The van der Waals surface area contributed by atoms with E-state index < -0.39 is 0 Å². The number of fused-ring (bicyclic) bond motifs is 1. The highest BCUT2D eigenvalue weighted by Gasteiger charge is 2.12. The van der Waals surface area contributed by atoms with Crippen LogP contribution in [-0.4, -0.2) is 25.0 Å². The second kappa shape index (κ2) is 3.77. The summed E-state index contributed by atoms with van der Waals surface area (Å²) in [6.45, 7) is 0. The van der Waals surface area contributed by atoms with Gasteiger partial charge in [-0.2, -0.15) is 4.68 Å². The van der Waals surface area contributed by atoms with Crippen molar-refractivity contribution in [2.45, 2.75) is 0 Å². The predicted octanol–water partition coefficient (Wildman–Crippen LogP) is 1.56. The maximum absolute atomic E-state index is 5.71. The molecule has 2 N–H and O–H groups in total. The van der Waals surface area contributed by atoms with E-state index in [1.165, 1.54) is 6.33 Å². The number of hydrogen-bond donors (Lipinski definition) is 1. The van der Waals surface area contributed by atoms with Gasteiger partial charge in [-0.05, 0) is 28.1 Å². The molecule has 0 atom stereocenters. The van der Waals surface area contributed by atoms with E-state index in [0.717, 1.165) is 11.0 Å². The van der Waals surface area contributed by atoms with Crippen molar-refractivity contribution in [1.29, 1.82) is 0 Å². The molecule has 0 spiro atoms. The molecule has 84 valence electrons. The van der Waals surface area contributed by atoms with E-state index >= 15 is 0 Å². The van der Waals surface area contributed by atoms with E-state index in [1.807, 2.05) is 24.3 Å². The molecular formula is C10H7BrN6. The largest absolute Gasteiger partial charge is 0.383 e. The summed E-state index contributed by atoms with van der Waals surface area (Å²) in [7, 11) is 0. The van der Waals surface area contributed by atoms with Gasteiger partial charge in [-0.25, -0.2) is 9.97 Å². The number of anilines is 1. The Bertz CT molecular complexity index is 692. The van der Waals surface area contributed by atoms with Crippen LogP contribution in [0, 0.1) is 0 Å². The average Bonchev–Trinajstić information content (AvgIpc) is 2.77. The van der Waals surface area contributed by atoms with Crippen molar-refractivity contribution in [3.05, 3.63) is 35.1 Å². The number of nitrogen functional groups attached to an aromatic ring is 1. The van der Waals surface area contributed by atoms with E-state index in [0.29, 0.717) is 16.1 Å². The Morgan fingerprint density at radius 2 is 2.00 bits per heavy atom. The number of nitrogens with zero attached hydrogens (tertiary/aromatic N) is 5. The van der Waals surface area contributed by atoms with E-state index in [1.54, 1.807) is 4.68 Å². The Kier molecular flexibility index (Phi) is 2.25. The lowest BCUT2D eigenvalue weighted by atomic mass is 10.3. The Labute approximate surface area is 105 Å². The summed E-state index contributed by atoms with van der Waals surface area (Å²) in [6, 6.07) is 7.63. The van der Waals surface area contributed by atoms with Crippen LogP contribution in [0.2, 0.25) is 0 Å². The second-order valence-electron chi connectivity index (χ2n) is 3.39. The molecule has 0 aliphatic heterocycles. The van der Waals surface area contributed by atoms with Crippen LogP contribution in [0.4, 0.5) is 5.82 Å². The first kappa shape index (κ1) is 10.2. The molecule has 0 aliphatic carbocycles. The van der Waals surface area contributed by atoms with Crippen LogP contribution in [0.1, 0.15) is 0 Å². The molecule has 0 fully saturated rings. The highest BCUT2D eigenvalue weighted by atomic mass is 79.9. The van der Waals surface area contributed by atoms with Crippen molar-refractivity contribution in [1.82, 2.24) is 25.0 Å². The molecule has 0 amide bonds. The fourth-order valence-electron chi connectivity index (χ4n) is 1.55. The van der Waals surface area contributed by atoms with Gasteiger partial charge < -0.3 is 5.73 Å². The summed E-state index contributed by atoms with van der Waals surface area (Å²) >= 11 is 3.35. The summed E-state index contributed by atoms with van der Waals surface area (Å²) in [5, 5.41) is 8.12. The van der Waals surface area contributed by atoms with Gasteiger partial charge >= 0.3 is 0 Å². The van der Waals surface area contributed by atoms with Crippen LogP contribution in [0.15, 0.2) is 35.1 Å². The number of halogens is 1. The average molecular weight is 291 g/mol. The normalized spacial score (nSPS) is 10.9. The molecule has 17 heavy (non-hydrogen) atoms. The van der Waals surface area contributed by atoms with Crippen LogP contribution >= 0.6 is 15.9 Å². The zero-order valence-corrected chi connectivity index (χ0v) is 10.2. The smallest absolute Gasteiger partial charge is 0.175 e. The van der Waals surface area contributed by atoms with Gasteiger partial charge in [-0.1, -0.05) is 17.3 Å². The predicted molar refractivity (Wildman–Crippen MR) is 66.6 cm³/mol. The topological polar surface area (TPSA) is 82.5 Å². The Morgan fingerprint density at radius 1 is 1.18 bits per heavy atom. The SMILES string of the molecule is Nc1ncnc(-n2nnc3ccccc32)c1Br. The lowest BCUT2D eigenvalue weighted by molar-refractivity contribution is 0.794. The zero-order valence-electron chi connectivity index (χ0n) is 8.58. The van der Waals surface area contributed by atoms with E-state index in [4.69, 9.17) is 5.73 Å². The molecule has 3 aromatic rings. The van der Waals surface area contributed by atoms with Gasteiger partial charge in [0.25, 0.3) is 0 Å². The fourth-order valence-corrected chi connectivity index (χ4v) is 1.92. The third-order valence-corrected chi connectivity index (χ3v) is 3.11. The van der Waals surface area contributed by atoms with Gasteiger partial charge in [-0.3, -0.25) is 0 Å². The number of rotatable bonds is 1. The number of nitrogens with two attached hydrogens (primary N) is 1. The first-order valence-electron chi connectivity index (χ1n) is 4.84. The lowest BCUT2D eigenvalue weighted by Crippen LogP contribution is -2.04. The Morgan fingerprint density at radius 3 is 2.88 bits per heavy atom. The maximum atomic E-state index is 5.71. The molecule has 0 saturated heterocycles. The van der Waals surface area contributed by atoms with Crippen molar-refractivity contribution in [2.75, 3.05) is 5.73 Å². The fraction of sp³-hybridized carbons (Fsp3) is 0. The molecular weight excluding hydrogens is 284 g/mol. The highest BCUT2D eigenvalue weighted by molar-refractivity contribution is 9.10. The molecule has 0 radical (unpaired) electrons. The summed E-state index contributed by atoms with van der Waals surface area (Å²) < 4.78 is 2.23. The van der Waals surface area contributed by atoms with Gasteiger partial charge in [0.1, 0.15) is 22.1 Å². The van der Waals surface area contributed by atoms with E-state index in [2.05, 4.69) is 36.2 Å². The Hall–Kier alpha value is -2.02. The monoisotopic (exact) mass is 290 g/mol. The van der Waals surface area contributed by atoms with Gasteiger partial charge in [0.05, 0.1) is 5.52 Å². The van der Waals surface area contributed by atoms with E-state index in [9.17, 15) is 0 Å². The summed E-state index contributed by atoms with van der Waals surface area (Å²) in [6.07, 6.45) is 1.39. The number of para-hydroxylation sites is 1. The number of aromatic nitrogens is 5. The third kappa shape index (κ3) is 1.55. The van der Waals surface area contributed by atoms with Crippen molar-refractivity contribution >= 4 is 32.8 Å². The summed E-state index contributed by atoms with van der Waals surface area (Å²) in [4.78, 5) is 8.04. The first-order valence-corrected chi connectivity index (χ1v) is 5.63. The van der Waals surface area contributed by atoms with Crippen molar-refractivity contribution in [2.24, 2.45) is 0 Å². The van der Waals surface area contributed by atoms with Crippen LogP contribution in [0.3, 0.4) is 0 Å². The third-order valence-electron chi connectivity index (χ3n) is 2.35. The van der Waals surface area contributed by atoms with E-state index in [-0.39, 0.29) is 0 Å². The molecule has 7 heteroatoms. The summed E-state index contributed by atoms with van der Waals surface area (Å²) in [5.74, 6) is 0.945. The second-order valence-corrected chi connectivity index (χ2v) is 4.18. The van der Waals surface area contributed by atoms with Crippen LogP contribution in [0.5, 0.6) is 0 Å². The standard InChI is InChI=1S/C10H7BrN6/c11-8-9(12)13-5-14-10(8)17-7-4-2-1-3-6(7)15-16-17/h1-5H,(H2,12,13,14). The number of benzene rings is 1. The highest BCUT2D eigenvalue weighted by Crippen LogP contribution is 2.24. The molecule has 2 aromatic heterocycles. The van der Waals surface area contributed by atoms with Gasteiger partial charge in [-0.15, -0.1) is 5.10 Å². The molecule has 6 nitrogen and oxygen atoms in total. The minimum absolute atomic E-state index is 0.370. The molecule has 0 saturated carbocycles. The van der Waals surface area contributed by atoms with Crippen molar-refractivity contribution in [3.8, 4) is 5.82 Å². The minimum atomic E-state index is 0.370. The molecule has 3 rings (SSSR count). The molecule has 0 aliphatic rings. The summed E-state index contributed by atoms with van der Waals surface area (Å²) in [5.41, 5.74) is 7.38. The first-order chi connectivity index (χ1) is 8.27. The van der Waals surface area contributed by atoms with Gasteiger partial charge in [0.2, 0.25) is 0 Å². The van der Waals surface area contributed by atoms with Crippen molar-refractivity contribution in [3.63, 3.8) is 0 Å². The lowest BCUT2D eigenvalue weighted by Gasteiger charge is -2.04. The quantitative estimate of drug-likeness (QED) is 0.735. The van der Waals surface area contributed by atoms with Crippen molar-refractivity contribution < 1.29 is 0 Å². The van der Waals surface area contributed by atoms with Gasteiger partial charge in [0, 0.05) is 0 Å². The maximum Gasteiger partial charge on any atom is 0.175 e. The molecule has 2 heterocycles. The Balaban J connectivity index is 2.31. The molecule has 0 bridgehead atoms. The molecule has 1 aromatic carbocycles. The van der Waals surface area contributed by atoms with Crippen LogP contribution < -0.4 is 5.73 Å². The number of hydrogen-bond acceptors (Lipinski definition) is 5.